The topological polar surface area (TPSA) is 146 Å². The molecule has 0 N–H and O–H groups in total. The molecule has 8 atom stereocenters. The van der Waals surface area contributed by atoms with E-state index in [1.807, 2.05) is 85.7 Å². The van der Waals surface area contributed by atoms with Crippen LogP contribution in [0, 0.1) is 47.3 Å². The number of imide groups is 2. The summed E-state index contributed by atoms with van der Waals surface area (Å²) < 4.78 is 22.0. The van der Waals surface area contributed by atoms with Gasteiger partial charge in [0.25, 0.3) is 0 Å². The SMILES string of the molecule is CC(C)[C@@H]1C[C@@H]([C@@H]2C[C@@H](C(C)C)C(=O)N2C(=O)OC(C)(C)C)OC1=O.CC(C)[C@@H]1C[C@@H]([C@@H]2C[C@@H](C(C)C)C(=O)N2C(=O)OCc2ccccc2)OC1=O. The van der Waals surface area contributed by atoms with Crippen LogP contribution in [0.15, 0.2) is 30.3 Å². The molecule has 4 aliphatic rings. The lowest BCUT2D eigenvalue weighted by atomic mass is 9.88. The van der Waals surface area contributed by atoms with Crippen LogP contribution in [-0.2, 0) is 44.7 Å². The van der Waals surface area contributed by atoms with E-state index in [4.69, 9.17) is 18.9 Å². The fourth-order valence-corrected chi connectivity index (χ4v) is 7.74. The van der Waals surface area contributed by atoms with Gasteiger partial charge < -0.3 is 18.9 Å². The molecule has 0 saturated carbocycles. The van der Waals surface area contributed by atoms with Crippen LogP contribution in [0.5, 0.6) is 0 Å². The van der Waals surface area contributed by atoms with Gasteiger partial charge in [-0.25, -0.2) is 19.4 Å². The van der Waals surface area contributed by atoms with E-state index in [9.17, 15) is 28.8 Å². The minimum atomic E-state index is -0.690. The number of carbonyl (C=O) groups excluding carboxylic acids is 6. The Morgan fingerprint density at radius 1 is 0.642 bits per heavy atom. The quantitative estimate of drug-likeness (QED) is 0.199. The lowest BCUT2D eigenvalue weighted by molar-refractivity contribution is -0.148. The summed E-state index contributed by atoms with van der Waals surface area (Å²) >= 11 is 0. The van der Waals surface area contributed by atoms with Crippen molar-refractivity contribution in [2.24, 2.45) is 47.3 Å². The zero-order chi connectivity index (χ0) is 39.5. The largest absolute Gasteiger partial charge is 0.460 e. The first kappa shape index (κ1) is 41.8. The smallest absolute Gasteiger partial charge is 0.417 e. The Labute approximate surface area is 314 Å². The molecule has 1 aromatic rings. The van der Waals surface area contributed by atoms with Gasteiger partial charge in [0.05, 0.1) is 23.9 Å². The maximum atomic E-state index is 12.9. The number of esters is 2. The van der Waals surface area contributed by atoms with Crippen LogP contribution in [0.1, 0.15) is 107 Å². The summed E-state index contributed by atoms with van der Waals surface area (Å²) in [5.41, 5.74) is 0.164. The van der Waals surface area contributed by atoms with Gasteiger partial charge in [-0.1, -0.05) is 85.7 Å². The van der Waals surface area contributed by atoms with Gasteiger partial charge in [0.2, 0.25) is 11.8 Å². The number of likely N-dealkylation sites (tertiary alicyclic amines) is 2. The van der Waals surface area contributed by atoms with Crippen LogP contribution in [-0.4, -0.2) is 75.6 Å². The third-order valence-electron chi connectivity index (χ3n) is 10.9. The summed E-state index contributed by atoms with van der Waals surface area (Å²) in [6, 6.07) is 8.44. The minimum absolute atomic E-state index is 0.0972. The lowest BCUT2D eigenvalue weighted by Gasteiger charge is -2.29. The molecule has 0 aliphatic carbocycles. The van der Waals surface area contributed by atoms with E-state index in [-0.39, 0.29) is 77.7 Å². The van der Waals surface area contributed by atoms with Crippen molar-refractivity contribution < 1.29 is 47.7 Å². The number of benzene rings is 1. The molecule has 12 nitrogen and oxygen atoms in total. The van der Waals surface area contributed by atoms with Crippen LogP contribution < -0.4 is 0 Å². The highest BCUT2D eigenvalue weighted by Gasteiger charge is 2.54. The van der Waals surface area contributed by atoms with Gasteiger partial charge in [0, 0.05) is 11.8 Å². The highest BCUT2D eigenvalue weighted by atomic mass is 16.6. The van der Waals surface area contributed by atoms with Gasteiger partial charge in [0.15, 0.2) is 0 Å². The first-order chi connectivity index (χ1) is 24.7. The molecular weight excluding hydrogens is 680 g/mol. The van der Waals surface area contributed by atoms with E-state index >= 15 is 0 Å². The third kappa shape index (κ3) is 9.78. The summed E-state index contributed by atoms with van der Waals surface area (Å²) in [4.78, 5) is 78.0. The summed E-state index contributed by atoms with van der Waals surface area (Å²) in [5, 5.41) is 0. The molecule has 4 saturated heterocycles. The Morgan fingerprint density at radius 2 is 1.04 bits per heavy atom. The zero-order valence-electron chi connectivity index (χ0n) is 33.3. The predicted molar refractivity (Wildman–Crippen MR) is 196 cm³/mol. The average Bonchev–Trinajstić information content (AvgIpc) is 3.82. The summed E-state index contributed by atoms with van der Waals surface area (Å²) in [7, 11) is 0. The normalized spacial score (nSPS) is 28.9. The first-order valence-corrected chi connectivity index (χ1v) is 19.2. The van der Waals surface area contributed by atoms with Crippen molar-refractivity contribution >= 4 is 35.9 Å². The van der Waals surface area contributed by atoms with E-state index in [0.717, 1.165) is 5.56 Å². The summed E-state index contributed by atoms with van der Waals surface area (Å²) in [6.45, 7) is 21.2. The highest BCUT2D eigenvalue weighted by Crippen LogP contribution is 2.41. The van der Waals surface area contributed by atoms with Gasteiger partial charge >= 0.3 is 24.1 Å². The molecule has 4 amide bonds. The number of nitrogens with zero attached hydrogens (tertiary/aromatic N) is 2. The molecule has 0 spiro atoms. The Morgan fingerprint density at radius 3 is 1.40 bits per heavy atom. The van der Waals surface area contributed by atoms with E-state index in [1.165, 1.54) is 9.80 Å². The van der Waals surface area contributed by atoms with Gasteiger partial charge in [-0.15, -0.1) is 0 Å². The maximum Gasteiger partial charge on any atom is 0.417 e. The Hall–Kier alpha value is -3.96. The van der Waals surface area contributed by atoms with Gasteiger partial charge in [0.1, 0.15) is 24.4 Å². The van der Waals surface area contributed by atoms with Crippen LogP contribution in [0.4, 0.5) is 9.59 Å². The van der Waals surface area contributed by atoms with Crippen molar-refractivity contribution in [3.8, 4) is 0 Å². The zero-order valence-corrected chi connectivity index (χ0v) is 33.3. The molecule has 4 heterocycles. The molecular formula is C41H60N2O10. The molecule has 53 heavy (non-hydrogen) atoms. The Balaban J connectivity index is 0.000000238. The van der Waals surface area contributed by atoms with Crippen molar-refractivity contribution in [3.05, 3.63) is 35.9 Å². The van der Waals surface area contributed by atoms with Gasteiger partial charge in [-0.05, 0) is 75.7 Å². The molecule has 0 bridgehead atoms. The average molecular weight is 741 g/mol. The van der Waals surface area contributed by atoms with Crippen molar-refractivity contribution in [2.45, 2.75) is 138 Å². The fourth-order valence-electron chi connectivity index (χ4n) is 7.74. The van der Waals surface area contributed by atoms with Crippen LogP contribution in [0.3, 0.4) is 0 Å². The minimum Gasteiger partial charge on any atom is -0.460 e. The first-order valence-electron chi connectivity index (χ1n) is 19.2. The van der Waals surface area contributed by atoms with Crippen LogP contribution >= 0.6 is 0 Å². The van der Waals surface area contributed by atoms with Crippen molar-refractivity contribution in [2.75, 3.05) is 0 Å². The highest BCUT2D eigenvalue weighted by molar-refractivity contribution is 5.96. The molecule has 5 rings (SSSR count). The number of ether oxygens (including phenoxy) is 4. The fraction of sp³-hybridized carbons (Fsp3) is 0.707. The predicted octanol–water partition coefficient (Wildman–Crippen LogP) is 7.17. The van der Waals surface area contributed by atoms with E-state index in [2.05, 4.69) is 0 Å². The standard InChI is InChI=1S/C22H29NO5.C19H31NO5/c1-13(2)16-10-18(19-11-17(14(3)4)21(25)28-19)23(20(16)24)22(26)27-12-15-8-6-5-7-9-15;1-10(2)12-8-14(15-9-13(11(3)4)17(22)24-15)20(16(12)21)18(23)25-19(5,6)7/h5-9,13-14,16-19H,10-12H2,1-4H3;10-15H,8-9H2,1-7H3/t16-,17-,18-,19-;12-,13-,14-,15-/m00/s1. The molecule has 0 aromatic heterocycles. The monoisotopic (exact) mass is 740 g/mol. The third-order valence-corrected chi connectivity index (χ3v) is 10.9. The number of cyclic esters (lactones) is 2. The molecule has 0 radical (unpaired) electrons. The second-order valence-corrected chi connectivity index (χ2v) is 17.4. The number of carbonyl (C=O) groups is 6. The number of hydrogen-bond donors (Lipinski definition) is 0. The summed E-state index contributed by atoms with van der Waals surface area (Å²) in [5.74, 6) is -1.29. The number of amides is 4. The maximum absolute atomic E-state index is 12.9. The van der Waals surface area contributed by atoms with Crippen molar-refractivity contribution in [1.29, 1.82) is 0 Å². The van der Waals surface area contributed by atoms with Crippen molar-refractivity contribution in [3.63, 3.8) is 0 Å². The van der Waals surface area contributed by atoms with Gasteiger partial charge in [-0.3, -0.25) is 19.2 Å². The second kappa shape index (κ2) is 17.0. The summed E-state index contributed by atoms with van der Waals surface area (Å²) in [6.07, 6.45) is -0.129. The molecule has 1 aromatic carbocycles. The van der Waals surface area contributed by atoms with Crippen LogP contribution in [0.25, 0.3) is 0 Å². The second-order valence-electron chi connectivity index (χ2n) is 17.4. The molecule has 4 fully saturated rings. The van der Waals surface area contributed by atoms with Crippen LogP contribution in [0.2, 0.25) is 0 Å². The Bertz CT molecular complexity index is 1500. The molecule has 12 heteroatoms. The number of rotatable bonds is 8. The number of hydrogen-bond acceptors (Lipinski definition) is 10. The lowest BCUT2D eigenvalue weighted by Crippen LogP contribution is -2.47. The van der Waals surface area contributed by atoms with Crippen molar-refractivity contribution in [1.82, 2.24) is 9.80 Å². The molecule has 294 valence electrons. The Kier molecular flexibility index (Phi) is 13.4. The van der Waals surface area contributed by atoms with E-state index < -0.39 is 42.1 Å². The molecule has 0 unspecified atom stereocenters. The van der Waals surface area contributed by atoms with Gasteiger partial charge in [-0.2, -0.15) is 0 Å². The molecule has 4 aliphatic heterocycles. The van der Waals surface area contributed by atoms with E-state index in [1.54, 1.807) is 20.8 Å². The van der Waals surface area contributed by atoms with E-state index in [0.29, 0.717) is 25.7 Å².